The topological polar surface area (TPSA) is 81.4 Å². The number of hydrogen-bond donors (Lipinski definition) is 2. The zero-order chi connectivity index (χ0) is 13.3. The molecule has 0 saturated carbocycles. The Morgan fingerprint density at radius 2 is 2.00 bits per heavy atom. The predicted octanol–water partition coefficient (Wildman–Crippen LogP) is 1.51. The van der Waals surface area contributed by atoms with E-state index in [-0.39, 0.29) is 11.9 Å². The zero-order valence-electron chi connectivity index (χ0n) is 9.70. The van der Waals surface area contributed by atoms with Crippen LogP contribution in [0.2, 0.25) is 5.02 Å². The molecule has 6 heteroatoms. The van der Waals surface area contributed by atoms with Gasteiger partial charge in [-0.25, -0.2) is 5.84 Å². The van der Waals surface area contributed by atoms with Crippen LogP contribution in [0.15, 0.2) is 24.3 Å². The molecule has 0 fully saturated rings. The van der Waals surface area contributed by atoms with Crippen LogP contribution in [0.1, 0.15) is 24.2 Å². The summed E-state index contributed by atoms with van der Waals surface area (Å²) in [4.78, 5) is 20.7. The van der Waals surface area contributed by atoms with Gasteiger partial charge in [0.15, 0.2) is 0 Å². The fourth-order valence-corrected chi connectivity index (χ4v) is 1.15. The summed E-state index contributed by atoms with van der Waals surface area (Å²) >= 11 is 5.68. The number of nitrogen functional groups attached to an aromatic ring is 1. The summed E-state index contributed by atoms with van der Waals surface area (Å²) in [5, 5.41) is 0.399. The van der Waals surface area contributed by atoms with Crippen LogP contribution in [-0.4, -0.2) is 18.5 Å². The molecule has 0 heterocycles. The van der Waals surface area contributed by atoms with Crippen molar-refractivity contribution in [3.8, 4) is 0 Å². The second-order valence-electron chi connectivity index (χ2n) is 2.88. The van der Waals surface area contributed by atoms with Crippen molar-refractivity contribution >= 4 is 23.5 Å². The lowest BCUT2D eigenvalue weighted by atomic mass is 10.2. The Morgan fingerprint density at radius 3 is 2.35 bits per heavy atom. The summed E-state index contributed by atoms with van der Waals surface area (Å²) in [6.45, 7) is 3.65. The first kappa shape index (κ1) is 15.4. The van der Waals surface area contributed by atoms with E-state index < -0.39 is 0 Å². The minimum absolute atomic E-state index is 0.211. The zero-order valence-corrected chi connectivity index (χ0v) is 10.5. The molecule has 0 radical (unpaired) electrons. The summed E-state index contributed by atoms with van der Waals surface area (Å²) in [7, 11) is 0. The molecule has 0 unspecified atom stereocenters. The first-order valence-corrected chi connectivity index (χ1v) is 5.29. The molecular formula is C11H15ClN2O3. The van der Waals surface area contributed by atoms with Crippen LogP contribution in [0, 0.1) is 0 Å². The quantitative estimate of drug-likeness (QED) is 0.365. The van der Waals surface area contributed by atoms with E-state index >= 15 is 0 Å². The van der Waals surface area contributed by atoms with Crippen LogP contribution in [0.25, 0.3) is 0 Å². The Bertz CT molecular complexity index is 383. The van der Waals surface area contributed by atoms with E-state index in [0.717, 1.165) is 0 Å². The number of ether oxygens (including phenoxy) is 1. The standard InChI is InChI=1S/C7H7ClN2O.C4H8O2/c8-6-4-2-1-3-5(6)7(11)10-9;1-3-6-4(2)5/h1-4H,9H2,(H,10,11);3H2,1-2H3. The Morgan fingerprint density at radius 1 is 1.41 bits per heavy atom. The van der Waals surface area contributed by atoms with Gasteiger partial charge in [0.25, 0.3) is 5.91 Å². The van der Waals surface area contributed by atoms with Gasteiger partial charge in [-0.05, 0) is 19.1 Å². The normalized spacial score (nSPS) is 8.71. The van der Waals surface area contributed by atoms with Crippen molar-refractivity contribution in [2.45, 2.75) is 13.8 Å². The number of rotatable bonds is 2. The molecule has 0 aliphatic carbocycles. The molecule has 0 atom stereocenters. The fraction of sp³-hybridized carbons (Fsp3) is 0.273. The smallest absolute Gasteiger partial charge is 0.302 e. The number of nitrogens with two attached hydrogens (primary N) is 1. The van der Waals surface area contributed by atoms with Crippen molar-refractivity contribution in [3.05, 3.63) is 34.9 Å². The number of amides is 1. The van der Waals surface area contributed by atoms with Gasteiger partial charge in [0.1, 0.15) is 0 Å². The van der Waals surface area contributed by atoms with Crippen molar-refractivity contribution in [1.29, 1.82) is 0 Å². The first-order valence-electron chi connectivity index (χ1n) is 4.91. The van der Waals surface area contributed by atoms with Crippen molar-refractivity contribution in [1.82, 2.24) is 5.43 Å². The van der Waals surface area contributed by atoms with Crippen LogP contribution in [0.4, 0.5) is 0 Å². The molecule has 1 amide bonds. The molecule has 1 rings (SSSR count). The molecule has 17 heavy (non-hydrogen) atoms. The Hall–Kier alpha value is -1.59. The van der Waals surface area contributed by atoms with Crippen LogP contribution < -0.4 is 11.3 Å². The number of halogens is 1. The molecule has 0 saturated heterocycles. The van der Waals surface area contributed by atoms with Crippen molar-refractivity contribution < 1.29 is 14.3 Å². The third kappa shape index (κ3) is 6.55. The monoisotopic (exact) mass is 258 g/mol. The maximum Gasteiger partial charge on any atom is 0.302 e. The van der Waals surface area contributed by atoms with E-state index in [1.807, 2.05) is 5.43 Å². The van der Waals surface area contributed by atoms with E-state index in [0.29, 0.717) is 17.2 Å². The summed E-state index contributed by atoms with van der Waals surface area (Å²) in [5.41, 5.74) is 2.38. The SMILES string of the molecule is CCOC(C)=O.NNC(=O)c1ccccc1Cl. The van der Waals surface area contributed by atoms with Crippen molar-refractivity contribution in [3.63, 3.8) is 0 Å². The third-order valence-electron chi connectivity index (χ3n) is 1.60. The maximum absolute atomic E-state index is 10.9. The van der Waals surface area contributed by atoms with Gasteiger partial charge in [-0.3, -0.25) is 15.0 Å². The van der Waals surface area contributed by atoms with Gasteiger partial charge in [-0.2, -0.15) is 0 Å². The van der Waals surface area contributed by atoms with Gasteiger partial charge in [0, 0.05) is 6.92 Å². The largest absolute Gasteiger partial charge is 0.466 e. The maximum atomic E-state index is 10.9. The Kier molecular flexibility index (Phi) is 7.75. The number of esters is 1. The highest BCUT2D eigenvalue weighted by molar-refractivity contribution is 6.33. The lowest BCUT2D eigenvalue weighted by Gasteiger charge is -1.99. The van der Waals surface area contributed by atoms with E-state index in [1.54, 1.807) is 31.2 Å². The molecule has 0 aliphatic rings. The number of carbonyl (C=O) groups excluding carboxylic acids is 2. The number of hydrazine groups is 1. The number of nitrogens with one attached hydrogen (secondary N) is 1. The lowest BCUT2D eigenvalue weighted by molar-refractivity contribution is -0.140. The highest BCUT2D eigenvalue weighted by atomic mass is 35.5. The van der Waals surface area contributed by atoms with Gasteiger partial charge in [0.05, 0.1) is 17.2 Å². The number of carbonyl (C=O) groups is 2. The van der Waals surface area contributed by atoms with Crippen LogP contribution in [0.3, 0.4) is 0 Å². The van der Waals surface area contributed by atoms with Gasteiger partial charge in [0.2, 0.25) is 0 Å². The molecule has 3 N–H and O–H groups in total. The Balaban J connectivity index is 0.000000366. The number of hydrogen-bond acceptors (Lipinski definition) is 4. The highest BCUT2D eigenvalue weighted by Gasteiger charge is 2.05. The predicted molar refractivity (Wildman–Crippen MR) is 65.4 cm³/mol. The minimum Gasteiger partial charge on any atom is -0.466 e. The van der Waals surface area contributed by atoms with Gasteiger partial charge < -0.3 is 4.74 Å². The average molecular weight is 259 g/mol. The molecule has 1 aromatic rings. The minimum atomic E-state index is -0.379. The molecule has 0 aliphatic heterocycles. The van der Waals surface area contributed by atoms with Crippen LogP contribution in [0.5, 0.6) is 0 Å². The second kappa shape index (κ2) is 8.55. The van der Waals surface area contributed by atoms with Gasteiger partial charge >= 0.3 is 5.97 Å². The molecule has 5 nitrogen and oxygen atoms in total. The van der Waals surface area contributed by atoms with E-state index in [1.165, 1.54) is 6.92 Å². The van der Waals surface area contributed by atoms with E-state index in [9.17, 15) is 9.59 Å². The van der Waals surface area contributed by atoms with E-state index in [2.05, 4.69) is 4.74 Å². The molecule has 94 valence electrons. The summed E-state index contributed by atoms with van der Waals surface area (Å²) in [5.74, 6) is 4.33. The van der Waals surface area contributed by atoms with Crippen LogP contribution >= 0.6 is 11.6 Å². The lowest BCUT2D eigenvalue weighted by Crippen LogP contribution is -2.30. The van der Waals surface area contributed by atoms with Crippen molar-refractivity contribution in [2.75, 3.05) is 6.61 Å². The van der Waals surface area contributed by atoms with Crippen molar-refractivity contribution in [2.24, 2.45) is 5.84 Å². The first-order chi connectivity index (χ1) is 8.02. The summed E-state index contributed by atoms with van der Waals surface area (Å²) < 4.78 is 4.40. The second-order valence-corrected chi connectivity index (χ2v) is 3.29. The van der Waals surface area contributed by atoms with Gasteiger partial charge in [-0.1, -0.05) is 23.7 Å². The third-order valence-corrected chi connectivity index (χ3v) is 1.93. The molecular weight excluding hydrogens is 244 g/mol. The molecule has 1 aromatic carbocycles. The molecule has 0 spiro atoms. The number of benzene rings is 1. The molecule has 0 bridgehead atoms. The molecule has 0 aromatic heterocycles. The summed E-state index contributed by atoms with van der Waals surface area (Å²) in [6, 6.07) is 6.70. The van der Waals surface area contributed by atoms with Gasteiger partial charge in [-0.15, -0.1) is 0 Å². The highest BCUT2D eigenvalue weighted by Crippen LogP contribution is 2.13. The Labute approximate surface area is 105 Å². The fourth-order valence-electron chi connectivity index (χ4n) is 0.926. The van der Waals surface area contributed by atoms with E-state index in [4.69, 9.17) is 17.4 Å². The van der Waals surface area contributed by atoms with Crippen LogP contribution in [-0.2, 0) is 9.53 Å². The summed E-state index contributed by atoms with van der Waals surface area (Å²) in [6.07, 6.45) is 0. The average Bonchev–Trinajstić information content (AvgIpc) is 2.29.